The largest absolute Gasteiger partial charge is 0.375 e. The van der Waals surface area contributed by atoms with Gasteiger partial charge in [-0.05, 0) is 20.8 Å². The summed E-state index contributed by atoms with van der Waals surface area (Å²) in [5.74, 6) is 1.15. The lowest BCUT2D eigenvalue weighted by atomic mass is 10.2. The fraction of sp³-hybridized carbons (Fsp3) is 0.600. The number of rotatable bonds is 5. The molecule has 2 aromatic heterocycles. The standard InChI is InChI=1S/C15H22N4OS/c1-4-20-9-13-7-16-15-12(3)18(5-6-19(13)15)8-14-11(2)17-10-21-14/h7,10,12H,4-6,8-9H2,1-3H3/t12-/m0/s1. The third kappa shape index (κ3) is 2.88. The van der Waals surface area contributed by atoms with Crippen molar-refractivity contribution < 1.29 is 4.74 Å². The van der Waals surface area contributed by atoms with Gasteiger partial charge in [-0.1, -0.05) is 0 Å². The Hall–Kier alpha value is -1.24. The van der Waals surface area contributed by atoms with Crippen molar-refractivity contribution in [1.82, 2.24) is 19.4 Å². The van der Waals surface area contributed by atoms with Gasteiger partial charge in [-0.15, -0.1) is 11.3 Å². The summed E-state index contributed by atoms with van der Waals surface area (Å²) >= 11 is 1.74. The molecular formula is C15H22N4OS. The minimum absolute atomic E-state index is 0.329. The van der Waals surface area contributed by atoms with E-state index in [9.17, 15) is 0 Å². The maximum atomic E-state index is 5.53. The summed E-state index contributed by atoms with van der Waals surface area (Å²) in [7, 11) is 0. The number of imidazole rings is 1. The molecular weight excluding hydrogens is 284 g/mol. The van der Waals surface area contributed by atoms with Gasteiger partial charge in [0.25, 0.3) is 0 Å². The predicted molar refractivity (Wildman–Crippen MR) is 83.2 cm³/mol. The first-order chi connectivity index (χ1) is 10.2. The molecule has 3 rings (SSSR count). The minimum atomic E-state index is 0.329. The maximum Gasteiger partial charge on any atom is 0.126 e. The van der Waals surface area contributed by atoms with Gasteiger partial charge in [0.2, 0.25) is 0 Å². The van der Waals surface area contributed by atoms with Crippen LogP contribution in [0.3, 0.4) is 0 Å². The summed E-state index contributed by atoms with van der Waals surface area (Å²) in [4.78, 5) is 12.8. The van der Waals surface area contributed by atoms with E-state index >= 15 is 0 Å². The van der Waals surface area contributed by atoms with Crippen LogP contribution in [0.1, 0.15) is 42.0 Å². The average Bonchev–Trinajstić information content (AvgIpc) is 3.07. The molecule has 0 bridgehead atoms. The van der Waals surface area contributed by atoms with E-state index in [4.69, 9.17) is 4.74 Å². The number of fused-ring (bicyclic) bond motifs is 1. The highest BCUT2D eigenvalue weighted by Gasteiger charge is 2.27. The topological polar surface area (TPSA) is 43.2 Å². The van der Waals surface area contributed by atoms with Gasteiger partial charge >= 0.3 is 0 Å². The molecule has 0 unspecified atom stereocenters. The quantitative estimate of drug-likeness (QED) is 0.852. The van der Waals surface area contributed by atoms with Crippen LogP contribution in [-0.4, -0.2) is 32.6 Å². The van der Waals surface area contributed by atoms with Gasteiger partial charge in [-0.25, -0.2) is 9.97 Å². The van der Waals surface area contributed by atoms with Gasteiger partial charge in [0.1, 0.15) is 5.82 Å². The Labute approximate surface area is 129 Å². The Kier molecular flexibility index (Phi) is 4.37. The first-order valence-electron chi connectivity index (χ1n) is 7.45. The molecule has 114 valence electrons. The van der Waals surface area contributed by atoms with Crippen molar-refractivity contribution in [3.05, 3.63) is 33.8 Å². The average molecular weight is 306 g/mol. The second-order valence-corrected chi connectivity index (χ2v) is 6.34. The molecule has 6 heteroatoms. The number of hydrogen-bond donors (Lipinski definition) is 0. The number of hydrogen-bond acceptors (Lipinski definition) is 5. The van der Waals surface area contributed by atoms with Crippen molar-refractivity contribution >= 4 is 11.3 Å². The van der Waals surface area contributed by atoms with Crippen molar-refractivity contribution in [3.63, 3.8) is 0 Å². The zero-order chi connectivity index (χ0) is 14.8. The second kappa shape index (κ2) is 6.25. The van der Waals surface area contributed by atoms with E-state index in [0.717, 1.165) is 37.8 Å². The highest BCUT2D eigenvalue weighted by atomic mass is 32.1. The van der Waals surface area contributed by atoms with E-state index in [0.29, 0.717) is 12.6 Å². The lowest BCUT2D eigenvalue weighted by Gasteiger charge is -2.34. The Morgan fingerprint density at radius 3 is 2.95 bits per heavy atom. The zero-order valence-corrected chi connectivity index (χ0v) is 13.7. The first kappa shape index (κ1) is 14.7. The molecule has 0 radical (unpaired) electrons. The van der Waals surface area contributed by atoms with E-state index in [-0.39, 0.29) is 0 Å². The first-order valence-corrected chi connectivity index (χ1v) is 8.33. The molecule has 2 aromatic rings. The van der Waals surface area contributed by atoms with Gasteiger partial charge in [0.15, 0.2) is 0 Å². The number of ether oxygens (including phenoxy) is 1. The van der Waals surface area contributed by atoms with Crippen LogP contribution in [0.15, 0.2) is 11.7 Å². The fourth-order valence-corrected chi connectivity index (χ4v) is 3.61. The Morgan fingerprint density at radius 2 is 2.24 bits per heavy atom. The van der Waals surface area contributed by atoms with Crippen LogP contribution in [0.25, 0.3) is 0 Å². The summed E-state index contributed by atoms with van der Waals surface area (Å²) in [6, 6.07) is 0.329. The van der Waals surface area contributed by atoms with E-state index < -0.39 is 0 Å². The number of thiazole rings is 1. The van der Waals surface area contributed by atoms with Gasteiger partial charge in [0.05, 0.1) is 35.7 Å². The molecule has 21 heavy (non-hydrogen) atoms. The molecule has 0 aliphatic carbocycles. The summed E-state index contributed by atoms with van der Waals surface area (Å²) in [5, 5.41) is 0. The summed E-state index contributed by atoms with van der Waals surface area (Å²) in [6.07, 6.45) is 1.96. The van der Waals surface area contributed by atoms with Crippen LogP contribution in [-0.2, 0) is 24.4 Å². The highest BCUT2D eigenvalue weighted by molar-refractivity contribution is 7.09. The van der Waals surface area contributed by atoms with Crippen molar-refractivity contribution in [2.75, 3.05) is 13.2 Å². The molecule has 1 atom stereocenters. The Morgan fingerprint density at radius 1 is 1.38 bits per heavy atom. The molecule has 0 amide bonds. The fourth-order valence-electron chi connectivity index (χ4n) is 2.80. The van der Waals surface area contributed by atoms with Crippen molar-refractivity contribution in [2.24, 2.45) is 0 Å². The van der Waals surface area contributed by atoms with E-state index in [1.165, 1.54) is 10.6 Å². The lowest BCUT2D eigenvalue weighted by molar-refractivity contribution is 0.119. The maximum absolute atomic E-state index is 5.53. The third-order valence-corrected chi connectivity index (χ3v) is 5.07. The summed E-state index contributed by atoms with van der Waals surface area (Å²) in [5.41, 5.74) is 4.27. The minimum Gasteiger partial charge on any atom is -0.375 e. The Bertz CT molecular complexity index is 607. The molecule has 0 N–H and O–H groups in total. The summed E-state index contributed by atoms with van der Waals surface area (Å²) in [6.45, 7) is 10.7. The number of aryl methyl sites for hydroxylation is 1. The number of nitrogens with zero attached hydrogens (tertiary/aromatic N) is 4. The van der Waals surface area contributed by atoms with Gasteiger partial charge < -0.3 is 9.30 Å². The number of aromatic nitrogens is 3. The van der Waals surface area contributed by atoms with Crippen LogP contribution in [0.2, 0.25) is 0 Å². The lowest BCUT2D eigenvalue weighted by Crippen LogP contribution is -2.37. The molecule has 0 fully saturated rings. The molecule has 0 spiro atoms. The monoisotopic (exact) mass is 306 g/mol. The molecule has 1 aliphatic rings. The second-order valence-electron chi connectivity index (χ2n) is 5.40. The highest BCUT2D eigenvalue weighted by Crippen LogP contribution is 2.28. The summed E-state index contributed by atoms with van der Waals surface area (Å²) < 4.78 is 7.84. The van der Waals surface area contributed by atoms with Crippen LogP contribution < -0.4 is 0 Å². The van der Waals surface area contributed by atoms with Gasteiger partial charge in [0, 0.05) is 31.1 Å². The third-order valence-electron chi connectivity index (χ3n) is 4.15. The normalized spacial score (nSPS) is 18.9. The smallest absolute Gasteiger partial charge is 0.126 e. The van der Waals surface area contributed by atoms with Crippen LogP contribution >= 0.6 is 11.3 Å². The van der Waals surface area contributed by atoms with Crippen molar-refractivity contribution in [1.29, 1.82) is 0 Å². The molecule has 1 aliphatic heterocycles. The van der Waals surface area contributed by atoms with E-state index in [2.05, 4.69) is 33.3 Å². The predicted octanol–water partition coefficient (Wildman–Crippen LogP) is 2.76. The van der Waals surface area contributed by atoms with Crippen molar-refractivity contribution in [2.45, 2.75) is 46.5 Å². The van der Waals surface area contributed by atoms with Crippen molar-refractivity contribution in [3.8, 4) is 0 Å². The van der Waals surface area contributed by atoms with Crippen LogP contribution in [0.5, 0.6) is 0 Å². The molecule has 0 saturated carbocycles. The molecule has 0 aromatic carbocycles. The van der Waals surface area contributed by atoms with E-state index in [1.807, 2.05) is 18.6 Å². The molecule has 3 heterocycles. The SMILES string of the molecule is CCOCc1cnc2n1CCN(Cc1scnc1C)[C@H]2C. The Balaban J connectivity index is 1.75. The van der Waals surface area contributed by atoms with Crippen LogP contribution in [0.4, 0.5) is 0 Å². The van der Waals surface area contributed by atoms with Gasteiger partial charge in [-0.2, -0.15) is 0 Å². The van der Waals surface area contributed by atoms with Crippen LogP contribution in [0, 0.1) is 6.92 Å². The zero-order valence-electron chi connectivity index (χ0n) is 12.9. The molecule has 0 saturated heterocycles. The molecule has 5 nitrogen and oxygen atoms in total. The van der Waals surface area contributed by atoms with Gasteiger partial charge in [-0.3, -0.25) is 4.90 Å². The van der Waals surface area contributed by atoms with E-state index in [1.54, 1.807) is 11.3 Å².